The first kappa shape index (κ1) is 45.5. The van der Waals surface area contributed by atoms with E-state index in [4.69, 9.17) is 14.2 Å². The van der Waals surface area contributed by atoms with Crippen LogP contribution in [0.1, 0.15) is 57.3 Å². The molecule has 9 rings (SSSR count). The zero-order chi connectivity index (χ0) is 47.2. The minimum absolute atomic E-state index is 0.0303. The maximum atomic E-state index is 16.3. The number of morpholine rings is 1. The molecule has 4 heterocycles. The van der Waals surface area contributed by atoms with Gasteiger partial charge in [-0.15, -0.1) is 0 Å². The summed E-state index contributed by atoms with van der Waals surface area (Å²) in [5.74, 6) is 2.96. The van der Waals surface area contributed by atoms with Gasteiger partial charge in [-0.05, 0) is 77.3 Å². The molecule has 2 saturated heterocycles. The first-order valence-electron chi connectivity index (χ1n) is 22.6. The van der Waals surface area contributed by atoms with E-state index in [0.717, 1.165) is 21.7 Å². The molecule has 68 heavy (non-hydrogen) atoms. The Kier molecular flexibility index (Phi) is 13.4. The number of phenolic OH excluding ortho intramolecular Hbond substituents is 1. The predicted octanol–water partition coefficient (Wildman–Crippen LogP) is 7.08. The number of imide groups is 1. The van der Waals surface area contributed by atoms with Gasteiger partial charge in [0, 0.05) is 44.1 Å². The van der Waals surface area contributed by atoms with Crippen molar-refractivity contribution in [1.82, 2.24) is 20.1 Å². The van der Waals surface area contributed by atoms with Crippen LogP contribution < -0.4 is 10.2 Å². The number of cyclic esters (lactones) is 1. The van der Waals surface area contributed by atoms with E-state index in [-0.39, 0.29) is 31.2 Å². The number of ether oxygens (including phenoxy) is 3. The van der Waals surface area contributed by atoms with Crippen molar-refractivity contribution in [3.8, 4) is 17.6 Å². The van der Waals surface area contributed by atoms with Crippen LogP contribution in [0.15, 0.2) is 158 Å². The highest BCUT2D eigenvalue weighted by Gasteiger charge is 2.75. The van der Waals surface area contributed by atoms with Crippen LogP contribution in [0.2, 0.25) is 0 Å². The van der Waals surface area contributed by atoms with Gasteiger partial charge < -0.3 is 24.6 Å². The maximum absolute atomic E-state index is 16.3. The third-order valence-corrected chi connectivity index (χ3v) is 12.9. The summed E-state index contributed by atoms with van der Waals surface area (Å²) in [5, 5.41) is 13.8. The first-order chi connectivity index (χ1) is 33.2. The Balaban J connectivity index is 1.27. The van der Waals surface area contributed by atoms with Gasteiger partial charge in [0.2, 0.25) is 11.8 Å². The van der Waals surface area contributed by atoms with Gasteiger partial charge in [0.05, 0.1) is 36.8 Å². The summed E-state index contributed by atoms with van der Waals surface area (Å²) in [5.41, 5.74) is 2.84. The summed E-state index contributed by atoms with van der Waals surface area (Å²) in [6.07, 6.45) is 0.154. The summed E-state index contributed by atoms with van der Waals surface area (Å²) in [4.78, 5) is 71.1. The summed E-state index contributed by atoms with van der Waals surface area (Å²) in [6.45, 7) is 1.11. The minimum atomic E-state index is -2.01. The number of nitrogens with zero attached hydrogens (tertiary/aromatic N) is 4. The van der Waals surface area contributed by atoms with E-state index in [1.807, 2.05) is 103 Å². The van der Waals surface area contributed by atoms with Crippen molar-refractivity contribution < 1.29 is 38.5 Å². The van der Waals surface area contributed by atoms with E-state index in [9.17, 15) is 9.90 Å². The van der Waals surface area contributed by atoms with Crippen molar-refractivity contribution in [2.45, 2.75) is 42.6 Å². The number of phenols is 1. The second-order valence-electron chi connectivity index (χ2n) is 17.2. The monoisotopic (exact) mass is 909 g/mol. The van der Waals surface area contributed by atoms with E-state index in [1.165, 1.54) is 19.2 Å². The summed E-state index contributed by atoms with van der Waals surface area (Å²) < 4.78 is 17.4. The Morgan fingerprint density at radius 2 is 1.51 bits per heavy atom. The number of hydrogen-bond acceptors (Lipinski definition) is 11. The Morgan fingerprint density at radius 3 is 2.21 bits per heavy atom. The van der Waals surface area contributed by atoms with Crippen LogP contribution >= 0.6 is 0 Å². The smallest absolute Gasteiger partial charge is 0.421 e. The van der Waals surface area contributed by atoms with Gasteiger partial charge in [0.1, 0.15) is 29.9 Å². The van der Waals surface area contributed by atoms with Crippen LogP contribution in [0.3, 0.4) is 0 Å². The van der Waals surface area contributed by atoms with Gasteiger partial charge in [0.15, 0.2) is 0 Å². The molecule has 3 aliphatic heterocycles. The third-order valence-electron chi connectivity index (χ3n) is 12.9. The molecular weight excluding hydrogens is 859 g/mol. The Bertz CT molecular complexity index is 2820. The fourth-order valence-corrected chi connectivity index (χ4v) is 10.1. The van der Waals surface area contributed by atoms with Gasteiger partial charge in [-0.25, -0.2) is 9.69 Å². The van der Waals surface area contributed by atoms with Crippen LogP contribution in [0.4, 0.5) is 10.5 Å². The van der Waals surface area contributed by atoms with Gasteiger partial charge in [-0.2, -0.15) is 0 Å². The topological polar surface area (TPSA) is 151 Å². The molecular formula is C55H51N5O8. The van der Waals surface area contributed by atoms with E-state index in [1.54, 1.807) is 42.6 Å². The maximum Gasteiger partial charge on any atom is 0.421 e. The number of pyridine rings is 1. The number of carbonyl (C=O) groups is 4. The Morgan fingerprint density at radius 1 is 0.824 bits per heavy atom. The molecule has 0 unspecified atom stereocenters. The number of methoxy groups -OCH3 is 1. The fraction of sp³-hybridized carbons (Fsp3) is 0.255. The molecule has 2 fully saturated rings. The van der Waals surface area contributed by atoms with E-state index < -0.39 is 59.4 Å². The molecule has 0 aliphatic carbocycles. The number of nitrogens with one attached hydrogen (secondary N) is 1. The summed E-state index contributed by atoms with van der Waals surface area (Å²) in [7, 11) is 3.45. The molecule has 2 N–H and O–H groups in total. The second-order valence-corrected chi connectivity index (χ2v) is 17.2. The number of esters is 1. The van der Waals surface area contributed by atoms with Crippen LogP contribution in [-0.4, -0.2) is 90.3 Å². The molecule has 5 aromatic carbocycles. The molecule has 0 bridgehead atoms. The van der Waals surface area contributed by atoms with Crippen molar-refractivity contribution in [3.63, 3.8) is 0 Å². The van der Waals surface area contributed by atoms with Crippen LogP contribution in [0.5, 0.6) is 5.75 Å². The lowest BCUT2D eigenvalue weighted by atomic mass is 9.65. The van der Waals surface area contributed by atoms with Crippen LogP contribution in [0, 0.1) is 17.8 Å². The fourth-order valence-electron chi connectivity index (χ4n) is 10.1. The van der Waals surface area contributed by atoms with E-state index in [2.05, 4.69) is 39.2 Å². The normalized spacial score (nSPS) is 21.7. The van der Waals surface area contributed by atoms with Gasteiger partial charge in [0.25, 0.3) is 0 Å². The van der Waals surface area contributed by atoms with Gasteiger partial charge in [-0.1, -0.05) is 121 Å². The zero-order valence-corrected chi connectivity index (χ0v) is 37.7. The van der Waals surface area contributed by atoms with E-state index >= 15 is 14.4 Å². The number of fused-ring (bicyclic) bond motifs is 3. The lowest BCUT2D eigenvalue weighted by Crippen LogP contribution is -2.56. The number of anilines is 1. The summed E-state index contributed by atoms with van der Waals surface area (Å²) >= 11 is 0. The number of carbonyl (C=O) groups excluding carboxylic acids is 4. The molecule has 6 aromatic rings. The molecule has 344 valence electrons. The van der Waals surface area contributed by atoms with Crippen LogP contribution in [0.25, 0.3) is 0 Å². The molecule has 13 nitrogen and oxygen atoms in total. The molecule has 3 amide bonds. The highest BCUT2D eigenvalue weighted by Crippen LogP contribution is 2.66. The number of aromatic hydroxyl groups is 1. The molecule has 3 aliphatic rings. The lowest BCUT2D eigenvalue weighted by molar-refractivity contribution is -0.178. The number of rotatable bonds is 13. The second kappa shape index (κ2) is 20.1. The molecule has 13 heteroatoms. The Hall–Kier alpha value is -7.63. The van der Waals surface area contributed by atoms with Crippen molar-refractivity contribution in [2.24, 2.45) is 5.92 Å². The van der Waals surface area contributed by atoms with Crippen molar-refractivity contribution in [3.05, 3.63) is 197 Å². The number of amides is 3. The van der Waals surface area contributed by atoms with Crippen molar-refractivity contribution in [1.29, 1.82) is 0 Å². The number of benzene rings is 5. The third kappa shape index (κ3) is 8.73. The highest BCUT2D eigenvalue weighted by molar-refractivity contribution is 6.23. The first-order valence-corrected chi connectivity index (χ1v) is 22.6. The zero-order valence-electron chi connectivity index (χ0n) is 37.7. The standard InChI is InChI=1S/C55H51N5O8/c1-58(36-38-15-6-3-7-16-38)32-14-17-37-23-28-45-44(35-37)55(53(64)59(45)54(65)67-34-33-66-2)46(51(62)57-31-29-42-22-12-13-30-56-42)48-52(63)68-49(40-20-10-5-11-21-40)47(39-18-8-4-9-19-39)60(48)50(55)41-24-26-43(61)27-25-41/h3-13,15-16,18-28,30,35,46-50,61H,29,31-34,36H2,1-2H3,(H,57,62)/t46-,47-,48-,49+,50+,55-/m1/s1. The highest BCUT2D eigenvalue weighted by atomic mass is 16.6. The average Bonchev–Trinajstić information content (AvgIpc) is 3.81. The molecule has 1 spiro atoms. The predicted molar refractivity (Wildman–Crippen MR) is 254 cm³/mol. The lowest BCUT2D eigenvalue weighted by Gasteiger charge is -2.46. The molecule has 0 radical (unpaired) electrons. The van der Waals surface area contributed by atoms with Crippen molar-refractivity contribution in [2.75, 3.05) is 45.4 Å². The summed E-state index contributed by atoms with van der Waals surface area (Å²) in [6, 6.07) is 42.8. The van der Waals surface area contributed by atoms with Crippen molar-refractivity contribution >= 4 is 29.6 Å². The number of hydrogen-bond donors (Lipinski definition) is 2. The van der Waals surface area contributed by atoms with Crippen LogP contribution in [-0.2, 0) is 47.0 Å². The molecule has 0 saturated carbocycles. The SMILES string of the molecule is COCCOC(=O)N1C(=O)[C@@]2(c3cc(C#CCN(C)Cc4ccccc4)ccc31)[C@H](c1ccc(O)cc1)N1[C@H](c3ccccc3)[C@H](c3ccccc3)OC(=O)[C@H]1[C@@H]2C(=O)NCCc1ccccn1. The van der Waals surface area contributed by atoms with Gasteiger partial charge in [-0.3, -0.25) is 29.2 Å². The number of aromatic nitrogens is 1. The molecule has 6 atom stereocenters. The molecule has 1 aromatic heterocycles. The average molecular weight is 910 g/mol. The largest absolute Gasteiger partial charge is 0.508 e. The quantitative estimate of drug-likeness (QED) is 0.0696. The Labute approximate surface area is 395 Å². The van der Waals surface area contributed by atoms with E-state index in [0.29, 0.717) is 41.8 Å². The minimum Gasteiger partial charge on any atom is -0.508 e. The van der Waals surface area contributed by atoms with Gasteiger partial charge >= 0.3 is 12.1 Å².